The van der Waals surface area contributed by atoms with Gasteiger partial charge in [0.1, 0.15) is 0 Å². The molecule has 0 saturated carbocycles. The molecule has 0 spiro atoms. The smallest absolute Gasteiger partial charge is 0.305 e. The van der Waals surface area contributed by atoms with E-state index in [1.807, 2.05) is 6.92 Å². The fraction of sp³-hybridized carbons (Fsp3) is 0.857. The van der Waals surface area contributed by atoms with Crippen LogP contribution < -0.4 is 0 Å². The maximum atomic E-state index is 10.5. The summed E-state index contributed by atoms with van der Waals surface area (Å²) in [6.07, 6.45) is 1.14. The van der Waals surface area contributed by atoms with Gasteiger partial charge in [0.05, 0.1) is 13.2 Å². The van der Waals surface area contributed by atoms with Gasteiger partial charge < -0.3 is 9.84 Å². The van der Waals surface area contributed by atoms with Crippen molar-refractivity contribution in [3.05, 3.63) is 0 Å². The highest BCUT2D eigenvalue weighted by atomic mass is 16.5. The summed E-state index contributed by atoms with van der Waals surface area (Å²) in [6, 6.07) is 0. The van der Waals surface area contributed by atoms with Gasteiger partial charge in [0.25, 0.3) is 0 Å². The highest BCUT2D eigenvalue weighted by Crippen LogP contribution is 2.01. The van der Waals surface area contributed by atoms with Gasteiger partial charge in [-0.25, -0.2) is 0 Å². The van der Waals surface area contributed by atoms with E-state index in [2.05, 4.69) is 4.74 Å². The molecule has 0 aliphatic carbocycles. The summed E-state index contributed by atoms with van der Waals surface area (Å²) in [5.74, 6) is -0.257. The van der Waals surface area contributed by atoms with Gasteiger partial charge >= 0.3 is 5.97 Å². The molecular formula is C7H14O3. The lowest BCUT2D eigenvalue weighted by molar-refractivity contribution is -0.141. The maximum absolute atomic E-state index is 10.5. The number of esters is 1. The van der Waals surface area contributed by atoms with Crippen LogP contribution in [0.3, 0.4) is 0 Å². The molecule has 0 bridgehead atoms. The van der Waals surface area contributed by atoms with Crippen molar-refractivity contribution in [1.29, 1.82) is 0 Å². The Morgan fingerprint density at radius 1 is 1.70 bits per heavy atom. The monoisotopic (exact) mass is 146 g/mol. The Morgan fingerprint density at radius 2 is 2.30 bits per heavy atom. The Balaban J connectivity index is 3.26. The largest absolute Gasteiger partial charge is 0.469 e. The highest BCUT2D eigenvalue weighted by molar-refractivity contribution is 5.69. The van der Waals surface area contributed by atoms with Crippen LogP contribution in [-0.4, -0.2) is 24.3 Å². The summed E-state index contributed by atoms with van der Waals surface area (Å²) < 4.78 is 4.40. The third-order valence-electron chi connectivity index (χ3n) is 1.38. The molecule has 0 amide bonds. The third-order valence-corrected chi connectivity index (χ3v) is 1.38. The first-order valence-corrected chi connectivity index (χ1v) is 3.45. The molecule has 0 aromatic heterocycles. The Labute approximate surface area is 61.0 Å². The number of aliphatic hydroxyl groups excluding tert-OH is 1. The second-order valence-electron chi connectivity index (χ2n) is 2.18. The summed E-state index contributed by atoms with van der Waals surface area (Å²) >= 11 is 0. The van der Waals surface area contributed by atoms with Crippen LogP contribution in [0.15, 0.2) is 0 Å². The van der Waals surface area contributed by atoms with E-state index in [0.717, 1.165) is 0 Å². The number of hydrogen-bond donors (Lipinski definition) is 1. The van der Waals surface area contributed by atoms with E-state index < -0.39 is 0 Å². The minimum Gasteiger partial charge on any atom is -0.469 e. The van der Waals surface area contributed by atoms with Gasteiger partial charge in [-0.15, -0.1) is 0 Å². The van der Waals surface area contributed by atoms with Crippen LogP contribution in [0.2, 0.25) is 0 Å². The molecule has 0 rings (SSSR count). The maximum Gasteiger partial charge on any atom is 0.305 e. The quantitative estimate of drug-likeness (QED) is 0.594. The fourth-order valence-electron chi connectivity index (χ4n) is 0.591. The van der Waals surface area contributed by atoms with Crippen LogP contribution in [0.4, 0.5) is 0 Å². The summed E-state index contributed by atoms with van der Waals surface area (Å²) in [6.45, 7) is 1.88. The number of hydrogen-bond acceptors (Lipinski definition) is 3. The molecule has 0 radical (unpaired) electrons. The SMILES string of the molecule is CC[C@@H](O)CCC(=O)OC. The topological polar surface area (TPSA) is 46.5 Å². The average molecular weight is 146 g/mol. The van der Waals surface area contributed by atoms with Crippen LogP contribution in [0.25, 0.3) is 0 Å². The predicted molar refractivity (Wildman–Crippen MR) is 37.5 cm³/mol. The van der Waals surface area contributed by atoms with Crippen molar-refractivity contribution in [1.82, 2.24) is 0 Å². The fourth-order valence-corrected chi connectivity index (χ4v) is 0.591. The Morgan fingerprint density at radius 3 is 2.70 bits per heavy atom. The number of rotatable bonds is 4. The van der Waals surface area contributed by atoms with Crippen LogP contribution in [0.5, 0.6) is 0 Å². The van der Waals surface area contributed by atoms with Gasteiger partial charge in [-0.05, 0) is 12.8 Å². The Kier molecular flexibility index (Phi) is 4.94. The van der Waals surface area contributed by atoms with Crippen molar-refractivity contribution in [3.63, 3.8) is 0 Å². The number of methoxy groups -OCH3 is 1. The molecule has 3 heteroatoms. The van der Waals surface area contributed by atoms with E-state index in [0.29, 0.717) is 19.3 Å². The van der Waals surface area contributed by atoms with E-state index in [4.69, 9.17) is 5.11 Å². The molecule has 0 unspecified atom stereocenters. The van der Waals surface area contributed by atoms with Gasteiger partial charge in [0.15, 0.2) is 0 Å². The standard InChI is InChI=1S/C7H14O3/c1-3-6(8)4-5-7(9)10-2/h6,8H,3-5H2,1-2H3/t6-/m1/s1. The summed E-state index contributed by atoms with van der Waals surface area (Å²) in [5, 5.41) is 8.99. The second-order valence-corrected chi connectivity index (χ2v) is 2.18. The summed E-state index contributed by atoms with van der Waals surface area (Å²) in [7, 11) is 1.35. The van der Waals surface area contributed by atoms with Crippen molar-refractivity contribution in [2.75, 3.05) is 7.11 Å². The summed E-state index contributed by atoms with van der Waals surface area (Å²) in [4.78, 5) is 10.5. The molecule has 0 fully saturated rings. The van der Waals surface area contributed by atoms with E-state index >= 15 is 0 Å². The van der Waals surface area contributed by atoms with Gasteiger partial charge in [-0.1, -0.05) is 6.92 Å². The van der Waals surface area contributed by atoms with E-state index in [1.54, 1.807) is 0 Å². The van der Waals surface area contributed by atoms with Crippen LogP contribution in [-0.2, 0) is 9.53 Å². The molecule has 3 nitrogen and oxygen atoms in total. The Bertz CT molecular complexity index is 101. The van der Waals surface area contributed by atoms with Gasteiger partial charge in [-0.2, -0.15) is 0 Å². The average Bonchev–Trinajstić information content (AvgIpc) is 1.99. The molecule has 0 heterocycles. The molecule has 10 heavy (non-hydrogen) atoms. The van der Waals surface area contributed by atoms with Crippen molar-refractivity contribution >= 4 is 5.97 Å². The zero-order chi connectivity index (χ0) is 7.98. The Hall–Kier alpha value is -0.570. The molecule has 60 valence electrons. The predicted octanol–water partition coefficient (Wildman–Crippen LogP) is 0.710. The second kappa shape index (κ2) is 5.23. The number of aliphatic hydroxyl groups is 1. The number of ether oxygens (including phenoxy) is 1. The van der Waals surface area contributed by atoms with Crippen LogP contribution >= 0.6 is 0 Å². The van der Waals surface area contributed by atoms with Crippen molar-refractivity contribution in [2.24, 2.45) is 0 Å². The molecular weight excluding hydrogens is 132 g/mol. The lowest BCUT2D eigenvalue weighted by Crippen LogP contribution is -2.08. The van der Waals surface area contributed by atoms with Crippen molar-refractivity contribution in [3.8, 4) is 0 Å². The van der Waals surface area contributed by atoms with Crippen molar-refractivity contribution in [2.45, 2.75) is 32.3 Å². The number of carbonyl (C=O) groups is 1. The van der Waals surface area contributed by atoms with Crippen LogP contribution in [0, 0.1) is 0 Å². The van der Waals surface area contributed by atoms with Crippen molar-refractivity contribution < 1.29 is 14.6 Å². The first-order valence-electron chi connectivity index (χ1n) is 3.45. The molecule has 1 atom stereocenters. The van der Waals surface area contributed by atoms with Gasteiger partial charge in [-0.3, -0.25) is 4.79 Å². The van der Waals surface area contributed by atoms with E-state index in [1.165, 1.54) is 7.11 Å². The van der Waals surface area contributed by atoms with E-state index in [-0.39, 0.29) is 12.1 Å². The van der Waals surface area contributed by atoms with Gasteiger partial charge in [0.2, 0.25) is 0 Å². The lowest BCUT2D eigenvalue weighted by atomic mass is 10.1. The minimum absolute atomic E-state index is 0.257. The highest BCUT2D eigenvalue weighted by Gasteiger charge is 2.04. The summed E-state index contributed by atoms with van der Waals surface area (Å²) in [5.41, 5.74) is 0. The zero-order valence-corrected chi connectivity index (χ0v) is 6.46. The molecule has 0 saturated heterocycles. The number of carbonyl (C=O) groups excluding carboxylic acids is 1. The van der Waals surface area contributed by atoms with Crippen LogP contribution in [0.1, 0.15) is 26.2 Å². The third kappa shape index (κ3) is 4.32. The minimum atomic E-state index is -0.362. The molecule has 0 aliphatic heterocycles. The lowest BCUT2D eigenvalue weighted by Gasteiger charge is -2.04. The zero-order valence-electron chi connectivity index (χ0n) is 6.46. The first-order chi connectivity index (χ1) is 4.70. The molecule has 0 aliphatic rings. The molecule has 1 N–H and O–H groups in total. The first kappa shape index (κ1) is 9.43. The normalized spacial score (nSPS) is 12.7. The van der Waals surface area contributed by atoms with E-state index in [9.17, 15) is 4.79 Å². The molecule has 0 aromatic rings. The molecule has 0 aromatic carbocycles. The van der Waals surface area contributed by atoms with Gasteiger partial charge in [0, 0.05) is 6.42 Å².